The van der Waals surface area contributed by atoms with Crippen molar-refractivity contribution in [3.8, 4) is 11.5 Å². The fourth-order valence-electron chi connectivity index (χ4n) is 5.91. The van der Waals surface area contributed by atoms with E-state index >= 15 is 0 Å². The van der Waals surface area contributed by atoms with Gasteiger partial charge in [-0.05, 0) is 55.7 Å². The molecule has 1 aromatic heterocycles. The highest BCUT2D eigenvalue weighted by Gasteiger charge is 2.25. The van der Waals surface area contributed by atoms with Gasteiger partial charge in [0.1, 0.15) is 42.7 Å². The number of hydrogen-bond donors (Lipinski definition) is 4. The van der Waals surface area contributed by atoms with Crippen molar-refractivity contribution in [2.75, 3.05) is 104 Å². The van der Waals surface area contributed by atoms with Crippen LogP contribution in [-0.4, -0.2) is 137 Å². The lowest BCUT2D eigenvalue weighted by Crippen LogP contribution is -2.41. The molecule has 3 aromatic rings. The average molecular weight is 849 g/mol. The summed E-state index contributed by atoms with van der Waals surface area (Å²) in [6.07, 6.45) is 7.95. The van der Waals surface area contributed by atoms with Gasteiger partial charge in [-0.3, -0.25) is 9.79 Å². The van der Waals surface area contributed by atoms with E-state index in [1.807, 2.05) is 54.6 Å². The normalized spacial score (nSPS) is 14.1. The quantitative estimate of drug-likeness (QED) is 0.0469. The Morgan fingerprint density at radius 2 is 1.38 bits per heavy atom. The van der Waals surface area contributed by atoms with Gasteiger partial charge in [0.25, 0.3) is 0 Å². The average Bonchev–Trinajstić information content (AvgIpc) is 3.26. The molecule has 0 saturated carbocycles. The second-order valence-corrected chi connectivity index (χ2v) is 13.7. The molecule has 2 aromatic carbocycles. The zero-order valence-corrected chi connectivity index (χ0v) is 35.0. The third kappa shape index (κ3) is 19.0. The Hall–Kier alpha value is -5.82. The van der Waals surface area contributed by atoms with E-state index in [-0.39, 0.29) is 69.8 Å². The van der Waals surface area contributed by atoms with Crippen molar-refractivity contribution in [3.63, 3.8) is 0 Å². The van der Waals surface area contributed by atoms with E-state index in [0.717, 1.165) is 44.3 Å². The van der Waals surface area contributed by atoms with Crippen LogP contribution >= 0.6 is 0 Å². The molecule has 18 heteroatoms. The molecule has 0 spiro atoms. The van der Waals surface area contributed by atoms with E-state index in [9.17, 15) is 14.4 Å². The largest absolute Gasteiger partial charge is 0.457 e. The monoisotopic (exact) mass is 848 g/mol. The summed E-state index contributed by atoms with van der Waals surface area (Å²) in [4.78, 5) is 52.0. The van der Waals surface area contributed by atoms with E-state index in [0.29, 0.717) is 62.2 Å². The fraction of sp³-hybridized carbons (Fsp3) is 0.488. The molecular formula is C43H60N8O10. The van der Waals surface area contributed by atoms with Gasteiger partial charge in [-0.1, -0.05) is 44.0 Å². The molecule has 1 aliphatic heterocycles. The van der Waals surface area contributed by atoms with E-state index in [2.05, 4.69) is 27.5 Å². The van der Waals surface area contributed by atoms with Crippen LogP contribution in [0.3, 0.4) is 0 Å². The van der Waals surface area contributed by atoms with Crippen LogP contribution in [0.5, 0.6) is 11.5 Å². The maximum atomic E-state index is 13.1. The maximum absolute atomic E-state index is 13.1. The van der Waals surface area contributed by atoms with Gasteiger partial charge >= 0.3 is 12.2 Å². The van der Waals surface area contributed by atoms with Gasteiger partial charge < -0.3 is 60.2 Å². The number of nitrogen functional groups attached to an aromatic ring is 2. The lowest BCUT2D eigenvalue weighted by Gasteiger charge is -2.30. The molecule has 0 bridgehead atoms. The molecule has 1 saturated heterocycles. The van der Waals surface area contributed by atoms with Crippen molar-refractivity contribution in [1.29, 1.82) is 0 Å². The number of aromatic nitrogens is 2. The minimum Gasteiger partial charge on any atom is -0.457 e. The molecule has 6 N–H and O–H groups in total. The van der Waals surface area contributed by atoms with Crippen molar-refractivity contribution < 1.29 is 47.5 Å². The van der Waals surface area contributed by atoms with Crippen molar-refractivity contribution in [3.05, 3.63) is 84.2 Å². The molecule has 4 rings (SSSR count). The second kappa shape index (κ2) is 28.6. The van der Waals surface area contributed by atoms with Crippen LogP contribution in [-0.2, 0) is 33.2 Å². The van der Waals surface area contributed by atoms with Gasteiger partial charge in [0.05, 0.1) is 63.6 Å². The number of alkyl carbamates (subject to hydrolysis) is 2. The van der Waals surface area contributed by atoms with Crippen molar-refractivity contribution in [2.45, 2.75) is 45.1 Å². The summed E-state index contributed by atoms with van der Waals surface area (Å²) in [5.41, 5.74) is 14.3. The van der Waals surface area contributed by atoms with Gasteiger partial charge in [0, 0.05) is 44.4 Å². The lowest BCUT2D eigenvalue weighted by atomic mass is 10.0. The number of piperidine rings is 1. The third-order valence-electron chi connectivity index (χ3n) is 8.97. The molecule has 2 heterocycles. The number of hydrogen-bond acceptors (Lipinski definition) is 15. The number of rotatable bonds is 27. The Morgan fingerprint density at radius 1 is 0.770 bits per heavy atom. The predicted molar refractivity (Wildman–Crippen MR) is 230 cm³/mol. The van der Waals surface area contributed by atoms with Crippen LogP contribution in [0.1, 0.15) is 50.2 Å². The molecule has 0 radical (unpaired) electrons. The Labute approximate surface area is 357 Å². The first-order valence-electron chi connectivity index (χ1n) is 20.7. The number of benzene rings is 2. The summed E-state index contributed by atoms with van der Waals surface area (Å²) >= 11 is 0. The number of carbonyl (C=O) groups excluding carboxylic acids is 3. The Bertz CT molecular complexity index is 1780. The first-order valence-corrected chi connectivity index (χ1v) is 20.7. The number of nitrogens with two attached hydrogens (primary N) is 2. The topological polar surface area (TPSA) is 233 Å². The van der Waals surface area contributed by atoms with Crippen molar-refractivity contribution in [1.82, 2.24) is 25.5 Å². The van der Waals surface area contributed by atoms with Crippen LogP contribution in [0.15, 0.2) is 78.1 Å². The van der Waals surface area contributed by atoms with Crippen molar-refractivity contribution >= 4 is 35.4 Å². The number of likely N-dealkylation sites (tertiary alicyclic amines) is 1. The van der Waals surface area contributed by atoms with Gasteiger partial charge in [-0.25, -0.2) is 19.6 Å². The zero-order chi connectivity index (χ0) is 43.3. The number of anilines is 2. The van der Waals surface area contributed by atoms with Crippen LogP contribution in [0.2, 0.25) is 0 Å². The van der Waals surface area contributed by atoms with E-state index < -0.39 is 12.2 Å². The number of nitrogens with one attached hydrogen (secondary N) is 2. The van der Waals surface area contributed by atoms with Gasteiger partial charge in [0.2, 0.25) is 5.91 Å². The molecule has 0 unspecified atom stereocenters. The van der Waals surface area contributed by atoms with E-state index in [1.54, 1.807) is 11.0 Å². The molecule has 1 fully saturated rings. The molecule has 3 amide bonds. The first-order chi connectivity index (χ1) is 29.8. The Balaban J connectivity index is 1.07. The van der Waals surface area contributed by atoms with Gasteiger partial charge in [-0.2, -0.15) is 0 Å². The molecule has 1 aliphatic rings. The highest BCUT2D eigenvalue weighted by Crippen LogP contribution is 2.26. The number of unbranched alkanes of at least 4 members (excludes halogenated alkanes) is 2. The number of para-hydroxylation sites is 1. The maximum Gasteiger partial charge on any atom is 0.407 e. The predicted octanol–water partition coefficient (Wildman–Crippen LogP) is 4.53. The smallest absolute Gasteiger partial charge is 0.407 e. The Morgan fingerprint density at radius 3 is 2.05 bits per heavy atom. The van der Waals surface area contributed by atoms with Crippen molar-refractivity contribution in [2.24, 2.45) is 4.99 Å². The summed E-state index contributed by atoms with van der Waals surface area (Å²) in [6, 6.07) is 16.6. The first kappa shape index (κ1) is 47.9. The Kier molecular flexibility index (Phi) is 22.4. The standard InChI is InChI=1S/C43H60N8O10/c1-2-3-7-21-55-23-24-56-22-19-47-43(54)60-30-28-58-26-25-57-27-29-59-42(53)46-18-8-13-37(52)51-20-9-10-34(31-51)50-39(38-40(44)48-32-49-41(38)45)33-14-16-36(17-15-33)61-35-11-5-4-6-12-35/h4-6,8,11-17,32,34H,2-3,7,9-10,18-31H2,1H3,(H,46,53)(H,47,54)(H4,44,45,48,49)/b13-8+,50-39-/t34-/m1/s1. The number of carbonyl (C=O) groups is 3. The summed E-state index contributed by atoms with van der Waals surface area (Å²) in [7, 11) is 0. The molecule has 61 heavy (non-hydrogen) atoms. The fourth-order valence-corrected chi connectivity index (χ4v) is 5.91. The number of amides is 3. The molecule has 332 valence electrons. The van der Waals surface area contributed by atoms with Crippen LogP contribution in [0.4, 0.5) is 21.2 Å². The zero-order valence-electron chi connectivity index (χ0n) is 35.0. The summed E-state index contributed by atoms with van der Waals surface area (Å²) in [5.74, 6) is 1.54. The third-order valence-corrected chi connectivity index (χ3v) is 8.97. The molecular weight excluding hydrogens is 789 g/mol. The minimum absolute atomic E-state index is 0.0309. The lowest BCUT2D eigenvalue weighted by molar-refractivity contribution is -0.127. The molecule has 18 nitrogen and oxygen atoms in total. The summed E-state index contributed by atoms with van der Waals surface area (Å²) in [5, 5.41) is 5.19. The number of aliphatic imine (C=N–C) groups is 1. The van der Waals surface area contributed by atoms with Crippen LogP contribution < -0.4 is 26.8 Å². The highest BCUT2D eigenvalue weighted by molar-refractivity contribution is 6.17. The van der Waals surface area contributed by atoms with E-state index in [4.69, 9.17) is 49.6 Å². The van der Waals surface area contributed by atoms with Gasteiger partial charge in [-0.15, -0.1) is 0 Å². The minimum atomic E-state index is -0.645. The van der Waals surface area contributed by atoms with Crippen LogP contribution in [0, 0.1) is 0 Å². The van der Waals surface area contributed by atoms with Crippen LogP contribution in [0.25, 0.3) is 0 Å². The SMILES string of the molecule is CCCCCOCCOCCNC(=O)OCCOCCOCCOC(=O)NC/C=C/C(=O)N1CCC[C@@H](/N=C(/c2ccc(Oc3ccccc3)cc2)c2c(N)ncnc2N)C1. The van der Waals surface area contributed by atoms with Gasteiger partial charge in [0.15, 0.2) is 0 Å². The second-order valence-electron chi connectivity index (χ2n) is 13.7. The summed E-state index contributed by atoms with van der Waals surface area (Å²) in [6.45, 7) is 6.68. The number of nitrogens with zero attached hydrogens (tertiary/aromatic N) is 4. The van der Waals surface area contributed by atoms with E-state index in [1.165, 1.54) is 12.4 Å². The number of ether oxygens (including phenoxy) is 7. The molecule has 0 aliphatic carbocycles. The summed E-state index contributed by atoms with van der Waals surface area (Å²) < 4.78 is 37.8. The molecule has 1 atom stereocenters. The highest BCUT2D eigenvalue weighted by atomic mass is 16.6.